The maximum Gasteiger partial charge on any atom is 0.256 e. The number of ether oxygens (including phenoxy) is 1. The molecule has 134 valence electrons. The minimum Gasteiger partial charge on any atom is -0.383 e. The number of para-hydroxylation sites is 1. The van der Waals surface area contributed by atoms with Gasteiger partial charge in [0.2, 0.25) is 0 Å². The van der Waals surface area contributed by atoms with Crippen molar-refractivity contribution in [3.8, 4) is 0 Å². The van der Waals surface area contributed by atoms with Gasteiger partial charge in [0, 0.05) is 49.7 Å². The zero-order chi connectivity index (χ0) is 17.9. The molecule has 0 N–H and O–H groups in total. The van der Waals surface area contributed by atoms with Gasteiger partial charge in [-0.25, -0.2) is 0 Å². The molecule has 1 aliphatic heterocycles. The third-order valence-corrected chi connectivity index (χ3v) is 5.16. The van der Waals surface area contributed by atoms with Crippen LogP contribution in [0.15, 0.2) is 55.0 Å². The molecule has 1 fully saturated rings. The van der Waals surface area contributed by atoms with Crippen molar-refractivity contribution in [2.75, 3.05) is 20.3 Å². The van der Waals surface area contributed by atoms with Gasteiger partial charge in [-0.05, 0) is 36.6 Å². The second kappa shape index (κ2) is 7.30. The Kier molecular flexibility index (Phi) is 4.71. The standard InChI is InChI=1S/C21H23N3O2/c1-26-14-13-23-15-18(17-5-2-3-6-20(17)23)21(25)24-12-4-7-19(24)16-8-10-22-11-9-16/h2-3,5-6,8-11,15,19H,4,7,12-14H2,1H3/t19-/m1/s1. The SMILES string of the molecule is COCCn1cc(C(=O)N2CCC[C@@H]2c2ccncc2)c2ccccc21. The molecule has 1 atom stereocenters. The highest BCUT2D eigenvalue weighted by atomic mass is 16.5. The maximum atomic E-state index is 13.4. The van der Waals surface area contributed by atoms with E-state index >= 15 is 0 Å². The van der Waals surface area contributed by atoms with E-state index in [9.17, 15) is 4.79 Å². The first-order valence-corrected chi connectivity index (χ1v) is 9.07. The lowest BCUT2D eigenvalue weighted by atomic mass is 10.1. The number of nitrogens with zero attached hydrogens (tertiary/aromatic N) is 3. The Balaban J connectivity index is 1.69. The Morgan fingerprint density at radius 3 is 2.85 bits per heavy atom. The first kappa shape index (κ1) is 16.8. The summed E-state index contributed by atoms with van der Waals surface area (Å²) < 4.78 is 7.33. The third kappa shape index (κ3) is 2.99. The highest BCUT2D eigenvalue weighted by molar-refractivity contribution is 6.07. The highest BCUT2D eigenvalue weighted by Gasteiger charge is 2.32. The first-order valence-electron chi connectivity index (χ1n) is 9.07. The lowest BCUT2D eigenvalue weighted by Gasteiger charge is -2.25. The first-order chi connectivity index (χ1) is 12.8. The molecular formula is C21H23N3O2. The molecule has 5 nitrogen and oxygen atoms in total. The molecule has 0 saturated carbocycles. The Labute approximate surface area is 153 Å². The number of fused-ring (bicyclic) bond motifs is 1. The van der Waals surface area contributed by atoms with Crippen LogP contribution in [0, 0.1) is 0 Å². The van der Waals surface area contributed by atoms with Gasteiger partial charge >= 0.3 is 0 Å². The number of likely N-dealkylation sites (tertiary alicyclic amines) is 1. The maximum absolute atomic E-state index is 13.4. The van der Waals surface area contributed by atoms with E-state index in [1.807, 2.05) is 41.4 Å². The van der Waals surface area contributed by atoms with E-state index < -0.39 is 0 Å². The van der Waals surface area contributed by atoms with Gasteiger partial charge in [-0.2, -0.15) is 0 Å². The topological polar surface area (TPSA) is 47.4 Å². The molecule has 0 aliphatic carbocycles. The summed E-state index contributed by atoms with van der Waals surface area (Å²) in [4.78, 5) is 19.5. The zero-order valence-corrected chi connectivity index (χ0v) is 15.0. The van der Waals surface area contributed by atoms with Crippen molar-refractivity contribution in [3.63, 3.8) is 0 Å². The summed E-state index contributed by atoms with van der Waals surface area (Å²) in [6.45, 7) is 2.15. The Morgan fingerprint density at radius 1 is 1.23 bits per heavy atom. The number of aromatic nitrogens is 2. The van der Waals surface area contributed by atoms with Crippen LogP contribution in [0.5, 0.6) is 0 Å². The molecule has 1 aromatic carbocycles. The summed E-state index contributed by atoms with van der Waals surface area (Å²) in [5, 5.41) is 1.01. The van der Waals surface area contributed by atoms with E-state index in [1.165, 1.54) is 0 Å². The highest BCUT2D eigenvalue weighted by Crippen LogP contribution is 2.34. The van der Waals surface area contributed by atoms with Gasteiger partial charge in [0.1, 0.15) is 0 Å². The van der Waals surface area contributed by atoms with E-state index in [0.717, 1.165) is 48.0 Å². The Bertz CT molecular complexity index is 904. The van der Waals surface area contributed by atoms with E-state index in [1.54, 1.807) is 19.5 Å². The van der Waals surface area contributed by atoms with Gasteiger partial charge in [-0.15, -0.1) is 0 Å². The van der Waals surface area contributed by atoms with Crippen LogP contribution in [0.25, 0.3) is 10.9 Å². The molecule has 4 rings (SSSR count). The van der Waals surface area contributed by atoms with Crippen molar-refractivity contribution in [3.05, 3.63) is 66.1 Å². The van der Waals surface area contributed by atoms with Crippen LogP contribution < -0.4 is 0 Å². The van der Waals surface area contributed by atoms with Gasteiger partial charge in [0.25, 0.3) is 5.91 Å². The predicted molar refractivity (Wildman–Crippen MR) is 101 cm³/mol. The normalized spacial score (nSPS) is 17.1. The van der Waals surface area contributed by atoms with Crippen LogP contribution in [0.4, 0.5) is 0 Å². The molecule has 3 aromatic rings. The van der Waals surface area contributed by atoms with Gasteiger partial charge < -0.3 is 14.2 Å². The lowest BCUT2D eigenvalue weighted by molar-refractivity contribution is 0.0737. The third-order valence-electron chi connectivity index (χ3n) is 5.16. The summed E-state index contributed by atoms with van der Waals surface area (Å²) >= 11 is 0. The van der Waals surface area contributed by atoms with Crippen molar-refractivity contribution < 1.29 is 9.53 Å². The van der Waals surface area contributed by atoms with Gasteiger partial charge in [0.05, 0.1) is 18.2 Å². The number of pyridine rings is 1. The molecule has 0 spiro atoms. The summed E-state index contributed by atoms with van der Waals surface area (Å²) in [5.41, 5.74) is 3.01. The number of carbonyl (C=O) groups excluding carboxylic acids is 1. The lowest BCUT2D eigenvalue weighted by Crippen LogP contribution is -2.30. The zero-order valence-electron chi connectivity index (χ0n) is 15.0. The molecule has 0 unspecified atom stereocenters. The number of hydrogen-bond acceptors (Lipinski definition) is 3. The molecular weight excluding hydrogens is 326 g/mol. The fourth-order valence-corrected chi connectivity index (χ4v) is 3.89. The molecule has 1 saturated heterocycles. The van der Waals surface area contributed by atoms with Crippen molar-refractivity contribution in [1.29, 1.82) is 0 Å². The minimum absolute atomic E-state index is 0.108. The fourth-order valence-electron chi connectivity index (χ4n) is 3.89. The van der Waals surface area contributed by atoms with Crippen LogP contribution >= 0.6 is 0 Å². The fraction of sp³-hybridized carbons (Fsp3) is 0.333. The number of carbonyl (C=O) groups is 1. The molecule has 0 bridgehead atoms. The molecule has 3 heterocycles. The molecule has 5 heteroatoms. The van der Waals surface area contributed by atoms with Crippen LogP contribution in [0.2, 0.25) is 0 Å². The molecule has 1 amide bonds. The van der Waals surface area contributed by atoms with Gasteiger partial charge in [-0.3, -0.25) is 9.78 Å². The average molecular weight is 349 g/mol. The van der Waals surface area contributed by atoms with Crippen LogP contribution in [-0.4, -0.2) is 40.6 Å². The van der Waals surface area contributed by atoms with Crippen LogP contribution in [-0.2, 0) is 11.3 Å². The van der Waals surface area contributed by atoms with Crippen molar-refractivity contribution >= 4 is 16.8 Å². The van der Waals surface area contributed by atoms with Crippen molar-refractivity contribution in [2.24, 2.45) is 0 Å². The molecule has 0 radical (unpaired) electrons. The Morgan fingerprint density at radius 2 is 2.04 bits per heavy atom. The van der Waals surface area contributed by atoms with E-state index in [-0.39, 0.29) is 11.9 Å². The number of amides is 1. The smallest absolute Gasteiger partial charge is 0.256 e. The second-order valence-corrected chi connectivity index (χ2v) is 6.68. The summed E-state index contributed by atoms with van der Waals surface area (Å²) in [5.74, 6) is 0.108. The summed E-state index contributed by atoms with van der Waals surface area (Å²) in [6.07, 6.45) is 7.60. The van der Waals surface area contributed by atoms with Gasteiger partial charge in [0.15, 0.2) is 0 Å². The van der Waals surface area contributed by atoms with Crippen LogP contribution in [0.3, 0.4) is 0 Å². The summed E-state index contributed by atoms with van der Waals surface area (Å²) in [7, 11) is 1.70. The Hall–Kier alpha value is -2.66. The van der Waals surface area contributed by atoms with Gasteiger partial charge in [-0.1, -0.05) is 18.2 Å². The largest absolute Gasteiger partial charge is 0.383 e. The number of benzene rings is 1. The number of methoxy groups -OCH3 is 1. The predicted octanol–water partition coefficient (Wildman–Crippen LogP) is 3.66. The number of rotatable bonds is 5. The van der Waals surface area contributed by atoms with Crippen LogP contribution in [0.1, 0.15) is 34.8 Å². The van der Waals surface area contributed by atoms with Crippen molar-refractivity contribution in [2.45, 2.75) is 25.4 Å². The quantitative estimate of drug-likeness (QED) is 0.706. The van der Waals surface area contributed by atoms with E-state index in [0.29, 0.717) is 6.61 Å². The summed E-state index contributed by atoms with van der Waals surface area (Å²) in [6, 6.07) is 12.2. The van der Waals surface area contributed by atoms with Crippen molar-refractivity contribution in [1.82, 2.24) is 14.5 Å². The minimum atomic E-state index is 0.108. The monoisotopic (exact) mass is 349 g/mol. The molecule has 2 aromatic heterocycles. The number of hydrogen-bond donors (Lipinski definition) is 0. The van der Waals surface area contributed by atoms with E-state index in [2.05, 4.69) is 15.6 Å². The average Bonchev–Trinajstić information content (AvgIpc) is 3.32. The van der Waals surface area contributed by atoms with E-state index in [4.69, 9.17) is 4.74 Å². The second-order valence-electron chi connectivity index (χ2n) is 6.68. The molecule has 1 aliphatic rings. The molecule has 26 heavy (non-hydrogen) atoms.